The highest BCUT2D eigenvalue weighted by molar-refractivity contribution is 5.05. The van der Waals surface area contributed by atoms with Gasteiger partial charge in [0.2, 0.25) is 0 Å². The molecule has 0 spiro atoms. The lowest BCUT2D eigenvalue weighted by molar-refractivity contribution is 0.245. The number of nitrogens with zero attached hydrogens (tertiary/aromatic N) is 1. The van der Waals surface area contributed by atoms with Gasteiger partial charge in [-0.15, -0.1) is 0 Å². The van der Waals surface area contributed by atoms with Gasteiger partial charge in [-0.2, -0.15) is 0 Å². The van der Waals surface area contributed by atoms with E-state index in [4.69, 9.17) is 10.2 Å². The maximum absolute atomic E-state index is 5.55. The van der Waals surface area contributed by atoms with Crippen LogP contribution in [0.2, 0.25) is 0 Å². The van der Waals surface area contributed by atoms with Crippen LogP contribution in [0.3, 0.4) is 0 Å². The average Bonchev–Trinajstić information content (AvgIpc) is 2.70. The molecular formula is C11H21N3O. The van der Waals surface area contributed by atoms with Crippen LogP contribution in [0, 0.1) is 0 Å². The molecule has 4 nitrogen and oxygen atoms in total. The zero-order chi connectivity index (χ0) is 11.3. The van der Waals surface area contributed by atoms with Crippen molar-refractivity contribution >= 4 is 0 Å². The van der Waals surface area contributed by atoms with Crippen LogP contribution in [0.1, 0.15) is 18.7 Å². The molecule has 1 aromatic heterocycles. The SMILES string of the molecule is CC(CN)NCC(c1ccco1)N(C)C. The average molecular weight is 211 g/mol. The Balaban J connectivity index is 2.53. The zero-order valence-electron chi connectivity index (χ0n) is 9.73. The summed E-state index contributed by atoms with van der Waals surface area (Å²) in [7, 11) is 4.09. The van der Waals surface area contributed by atoms with Crippen molar-refractivity contribution in [3.63, 3.8) is 0 Å². The predicted octanol–water partition coefficient (Wildman–Crippen LogP) is 0.819. The lowest BCUT2D eigenvalue weighted by Crippen LogP contribution is -2.39. The molecule has 1 aromatic rings. The summed E-state index contributed by atoms with van der Waals surface area (Å²) in [5.74, 6) is 0.983. The van der Waals surface area contributed by atoms with Gasteiger partial charge in [0.25, 0.3) is 0 Å². The second-order valence-electron chi connectivity index (χ2n) is 4.04. The van der Waals surface area contributed by atoms with Crippen molar-refractivity contribution < 1.29 is 4.42 Å². The molecule has 2 atom stereocenters. The molecule has 0 amide bonds. The minimum absolute atomic E-state index is 0.258. The van der Waals surface area contributed by atoms with Crippen LogP contribution < -0.4 is 11.1 Å². The minimum Gasteiger partial charge on any atom is -0.468 e. The van der Waals surface area contributed by atoms with Crippen LogP contribution in [0.25, 0.3) is 0 Å². The van der Waals surface area contributed by atoms with Gasteiger partial charge in [-0.25, -0.2) is 0 Å². The molecule has 4 heteroatoms. The van der Waals surface area contributed by atoms with E-state index < -0.39 is 0 Å². The smallest absolute Gasteiger partial charge is 0.122 e. The molecule has 0 aromatic carbocycles. The number of nitrogens with one attached hydrogen (secondary N) is 1. The molecule has 0 aliphatic carbocycles. The molecule has 86 valence electrons. The van der Waals surface area contributed by atoms with Crippen LogP contribution in [0.5, 0.6) is 0 Å². The highest BCUT2D eigenvalue weighted by Crippen LogP contribution is 2.17. The van der Waals surface area contributed by atoms with E-state index in [-0.39, 0.29) is 6.04 Å². The first kappa shape index (κ1) is 12.2. The first-order chi connectivity index (χ1) is 7.15. The van der Waals surface area contributed by atoms with Gasteiger partial charge in [-0.05, 0) is 33.2 Å². The molecule has 0 saturated heterocycles. The molecule has 2 unspecified atom stereocenters. The second-order valence-corrected chi connectivity index (χ2v) is 4.04. The highest BCUT2D eigenvalue weighted by Gasteiger charge is 2.16. The highest BCUT2D eigenvalue weighted by atomic mass is 16.3. The molecule has 0 saturated carbocycles. The third-order valence-electron chi connectivity index (χ3n) is 2.51. The van der Waals surface area contributed by atoms with Crippen molar-refractivity contribution in [2.45, 2.75) is 19.0 Å². The van der Waals surface area contributed by atoms with Crippen molar-refractivity contribution in [1.82, 2.24) is 10.2 Å². The largest absolute Gasteiger partial charge is 0.468 e. The Hall–Kier alpha value is -0.840. The molecule has 0 bridgehead atoms. The Morgan fingerprint density at radius 3 is 2.73 bits per heavy atom. The number of hydrogen-bond acceptors (Lipinski definition) is 4. The van der Waals surface area contributed by atoms with Gasteiger partial charge < -0.3 is 15.5 Å². The van der Waals surface area contributed by atoms with Crippen LogP contribution in [0.15, 0.2) is 22.8 Å². The normalized spacial score (nSPS) is 15.5. The first-order valence-electron chi connectivity index (χ1n) is 5.28. The summed E-state index contributed by atoms with van der Waals surface area (Å²) in [6.07, 6.45) is 1.71. The summed E-state index contributed by atoms with van der Waals surface area (Å²) in [5, 5.41) is 3.38. The van der Waals surface area contributed by atoms with E-state index >= 15 is 0 Å². The molecular weight excluding hydrogens is 190 g/mol. The van der Waals surface area contributed by atoms with E-state index in [9.17, 15) is 0 Å². The maximum atomic E-state index is 5.55. The molecule has 0 aliphatic heterocycles. The van der Waals surface area contributed by atoms with E-state index in [2.05, 4.69) is 17.1 Å². The van der Waals surface area contributed by atoms with Crippen molar-refractivity contribution in [2.75, 3.05) is 27.2 Å². The predicted molar refractivity (Wildman–Crippen MR) is 61.7 cm³/mol. The number of rotatable bonds is 6. The quantitative estimate of drug-likeness (QED) is 0.731. The van der Waals surface area contributed by atoms with Gasteiger partial charge in [0.15, 0.2) is 0 Å². The van der Waals surface area contributed by atoms with E-state index in [0.29, 0.717) is 12.6 Å². The number of nitrogens with two attached hydrogens (primary N) is 1. The fourth-order valence-electron chi connectivity index (χ4n) is 1.41. The van der Waals surface area contributed by atoms with Gasteiger partial charge in [0.1, 0.15) is 5.76 Å². The van der Waals surface area contributed by atoms with Crippen molar-refractivity contribution in [3.8, 4) is 0 Å². The Kier molecular flexibility index (Phi) is 4.81. The van der Waals surface area contributed by atoms with Gasteiger partial charge in [-0.1, -0.05) is 0 Å². The lowest BCUT2D eigenvalue weighted by atomic mass is 10.2. The van der Waals surface area contributed by atoms with Gasteiger partial charge >= 0.3 is 0 Å². The first-order valence-corrected chi connectivity index (χ1v) is 5.28. The summed E-state index contributed by atoms with van der Waals surface area (Å²) >= 11 is 0. The number of likely N-dealkylation sites (N-methyl/N-ethyl adjacent to an activating group) is 1. The summed E-state index contributed by atoms with van der Waals surface area (Å²) < 4.78 is 5.41. The molecule has 0 radical (unpaired) electrons. The van der Waals surface area contributed by atoms with E-state index in [0.717, 1.165) is 12.3 Å². The second kappa shape index (κ2) is 5.90. The molecule has 1 rings (SSSR count). The van der Waals surface area contributed by atoms with Gasteiger partial charge in [0, 0.05) is 19.1 Å². The number of furan rings is 1. The third-order valence-corrected chi connectivity index (χ3v) is 2.51. The zero-order valence-corrected chi connectivity index (χ0v) is 9.73. The number of hydrogen-bond donors (Lipinski definition) is 2. The molecule has 3 N–H and O–H groups in total. The lowest BCUT2D eigenvalue weighted by Gasteiger charge is -2.24. The van der Waals surface area contributed by atoms with Crippen molar-refractivity contribution in [3.05, 3.63) is 24.2 Å². The summed E-state index contributed by atoms with van der Waals surface area (Å²) in [6, 6.07) is 4.51. The summed E-state index contributed by atoms with van der Waals surface area (Å²) in [5.41, 5.74) is 5.55. The van der Waals surface area contributed by atoms with E-state index in [1.54, 1.807) is 6.26 Å². The minimum atomic E-state index is 0.258. The van der Waals surface area contributed by atoms with Crippen molar-refractivity contribution in [2.24, 2.45) is 5.73 Å². The Labute approximate surface area is 91.4 Å². The Morgan fingerprint density at radius 1 is 1.53 bits per heavy atom. The van der Waals surface area contributed by atoms with E-state index in [1.807, 2.05) is 26.2 Å². The fourth-order valence-corrected chi connectivity index (χ4v) is 1.41. The van der Waals surface area contributed by atoms with Gasteiger partial charge in [0.05, 0.1) is 12.3 Å². The van der Waals surface area contributed by atoms with Crippen LogP contribution in [-0.2, 0) is 0 Å². The maximum Gasteiger partial charge on any atom is 0.122 e. The molecule has 15 heavy (non-hydrogen) atoms. The van der Waals surface area contributed by atoms with Crippen molar-refractivity contribution in [1.29, 1.82) is 0 Å². The Morgan fingerprint density at radius 2 is 2.27 bits per heavy atom. The summed E-state index contributed by atoms with van der Waals surface area (Å²) in [4.78, 5) is 2.13. The van der Waals surface area contributed by atoms with Crippen LogP contribution in [0.4, 0.5) is 0 Å². The topological polar surface area (TPSA) is 54.4 Å². The molecule has 0 aliphatic rings. The molecule has 0 fully saturated rings. The van der Waals surface area contributed by atoms with Gasteiger partial charge in [-0.3, -0.25) is 4.90 Å². The fraction of sp³-hybridized carbons (Fsp3) is 0.636. The van der Waals surface area contributed by atoms with Crippen LogP contribution in [-0.4, -0.2) is 38.1 Å². The third kappa shape index (κ3) is 3.66. The molecule has 1 heterocycles. The Bertz CT molecular complexity index is 259. The monoisotopic (exact) mass is 211 g/mol. The van der Waals surface area contributed by atoms with E-state index in [1.165, 1.54) is 0 Å². The van der Waals surface area contributed by atoms with Crippen LogP contribution >= 0.6 is 0 Å². The summed E-state index contributed by atoms with van der Waals surface area (Å²) in [6.45, 7) is 3.58. The standard InChI is InChI=1S/C11H21N3O/c1-9(7-12)13-8-10(14(2)3)11-5-4-6-15-11/h4-6,9-10,13H,7-8,12H2,1-3H3.